The lowest BCUT2D eigenvalue weighted by molar-refractivity contribution is 0.0507. The van der Waals surface area contributed by atoms with Crippen LogP contribution in [-0.2, 0) is 4.74 Å². The Morgan fingerprint density at radius 1 is 1.14 bits per heavy atom. The average Bonchev–Trinajstić information content (AvgIpc) is 3.32. The van der Waals surface area contributed by atoms with Gasteiger partial charge < -0.3 is 24.2 Å². The van der Waals surface area contributed by atoms with Gasteiger partial charge in [0.2, 0.25) is 0 Å². The first-order valence-electron chi connectivity index (χ1n) is 14.1. The largest absolute Gasteiger partial charge is 0.478 e. The van der Waals surface area contributed by atoms with Gasteiger partial charge in [-0.3, -0.25) is 4.79 Å². The molecule has 4 aromatic rings. The summed E-state index contributed by atoms with van der Waals surface area (Å²) >= 11 is 5.93. The zero-order valence-corrected chi connectivity index (χ0v) is 25.9. The van der Waals surface area contributed by atoms with E-state index in [1.54, 1.807) is 39.2 Å². The second-order valence-corrected chi connectivity index (χ2v) is 12.1. The molecule has 0 unspecified atom stereocenters. The number of anilines is 1. The highest BCUT2D eigenvalue weighted by Gasteiger charge is 2.38. The van der Waals surface area contributed by atoms with Crippen LogP contribution in [0, 0.1) is 19.7 Å². The second kappa shape index (κ2) is 11.6. The zero-order chi connectivity index (χ0) is 31.2. The minimum Gasteiger partial charge on any atom is -0.478 e. The van der Waals surface area contributed by atoms with Gasteiger partial charge in [-0.15, -0.1) is 0 Å². The standard InChI is InChI=1S/C32H35ClFN5O4/c1-18-13-27(35-20(3)28(18)31(41)42)37-11-12-39(32(4,5)17-37)30(40)26-10-8-22-23(21-7-9-24(33)25(34)14-21)15-38(29(22)36-26)19(2)16-43-6/h7-10,13-15,19H,11-12,16-17H2,1-6H3,(H,41,42)/t19-/m0/s1. The van der Waals surface area contributed by atoms with Crippen LogP contribution in [0.5, 0.6) is 0 Å². The van der Waals surface area contributed by atoms with Crippen molar-refractivity contribution in [1.82, 2.24) is 19.4 Å². The lowest BCUT2D eigenvalue weighted by atomic mass is 9.97. The fourth-order valence-electron chi connectivity index (χ4n) is 5.96. The molecule has 1 saturated heterocycles. The van der Waals surface area contributed by atoms with Crippen molar-refractivity contribution < 1.29 is 23.8 Å². The van der Waals surface area contributed by atoms with E-state index < -0.39 is 17.3 Å². The van der Waals surface area contributed by atoms with Crippen LogP contribution in [0.3, 0.4) is 0 Å². The third kappa shape index (κ3) is 5.69. The zero-order valence-electron chi connectivity index (χ0n) is 25.1. The highest BCUT2D eigenvalue weighted by Crippen LogP contribution is 2.34. The van der Waals surface area contributed by atoms with E-state index in [1.165, 1.54) is 12.1 Å². The van der Waals surface area contributed by atoms with Crippen LogP contribution < -0.4 is 4.90 Å². The monoisotopic (exact) mass is 607 g/mol. The minimum absolute atomic E-state index is 0.0484. The molecule has 0 aliphatic carbocycles. The summed E-state index contributed by atoms with van der Waals surface area (Å²) in [6, 6.07) is 9.96. The van der Waals surface area contributed by atoms with Crippen molar-refractivity contribution >= 4 is 40.3 Å². The van der Waals surface area contributed by atoms with Gasteiger partial charge in [0, 0.05) is 43.9 Å². The van der Waals surface area contributed by atoms with Gasteiger partial charge in [-0.05, 0) is 76.1 Å². The van der Waals surface area contributed by atoms with E-state index >= 15 is 0 Å². The van der Waals surface area contributed by atoms with Crippen LogP contribution in [0.4, 0.5) is 10.2 Å². The molecule has 0 radical (unpaired) electrons. The molecular weight excluding hydrogens is 573 g/mol. The van der Waals surface area contributed by atoms with E-state index in [9.17, 15) is 19.1 Å². The Bertz CT molecular complexity index is 1710. The number of benzene rings is 1. The Morgan fingerprint density at radius 2 is 1.88 bits per heavy atom. The average molecular weight is 608 g/mol. The normalized spacial score (nSPS) is 15.6. The van der Waals surface area contributed by atoms with Gasteiger partial charge in [0.1, 0.15) is 23.0 Å². The number of rotatable bonds is 7. The molecule has 1 amide bonds. The van der Waals surface area contributed by atoms with Gasteiger partial charge in [-0.2, -0.15) is 0 Å². The van der Waals surface area contributed by atoms with Crippen molar-refractivity contribution in [3.8, 4) is 11.1 Å². The first-order valence-corrected chi connectivity index (χ1v) is 14.4. The Hall–Kier alpha value is -4.02. The molecule has 1 fully saturated rings. The van der Waals surface area contributed by atoms with Gasteiger partial charge >= 0.3 is 5.97 Å². The molecule has 0 spiro atoms. The highest BCUT2D eigenvalue weighted by atomic mass is 35.5. The summed E-state index contributed by atoms with van der Waals surface area (Å²) < 4.78 is 21.7. The van der Waals surface area contributed by atoms with Gasteiger partial charge in [-0.25, -0.2) is 19.2 Å². The molecule has 9 nitrogen and oxygen atoms in total. The fourth-order valence-corrected chi connectivity index (χ4v) is 6.07. The first kappa shape index (κ1) is 30.4. The van der Waals surface area contributed by atoms with Crippen LogP contribution in [0.15, 0.2) is 42.6 Å². The molecule has 4 heterocycles. The van der Waals surface area contributed by atoms with Crippen molar-refractivity contribution in [2.24, 2.45) is 0 Å². The number of amides is 1. The first-order chi connectivity index (χ1) is 20.3. The van der Waals surface area contributed by atoms with Crippen molar-refractivity contribution in [3.05, 3.63) is 75.9 Å². The Kier molecular flexibility index (Phi) is 8.20. The van der Waals surface area contributed by atoms with Gasteiger partial charge in [0.15, 0.2) is 0 Å². The molecule has 1 aliphatic heterocycles. The van der Waals surface area contributed by atoms with Crippen molar-refractivity contribution in [1.29, 1.82) is 0 Å². The van der Waals surface area contributed by atoms with Crippen molar-refractivity contribution in [2.45, 2.75) is 46.2 Å². The molecule has 43 heavy (non-hydrogen) atoms. The summed E-state index contributed by atoms with van der Waals surface area (Å²) in [6.45, 7) is 11.4. The molecule has 11 heteroatoms. The number of hydrogen-bond donors (Lipinski definition) is 1. The molecule has 0 bridgehead atoms. The molecule has 1 N–H and O–H groups in total. The number of fused-ring (bicyclic) bond motifs is 1. The topological polar surface area (TPSA) is 101 Å². The van der Waals surface area contributed by atoms with Gasteiger partial charge in [-0.1, -0.05) is 17.7 Å². The molecule has 3 aromatic heterocycles. The van der Waals surface area contributed by atoms with Crippen molar-refractivity contribution in [2.75, 3.05) is 38.3 Å². The summed E-state index contributed by atoms with van der Waals surface area (Å²) in [5, 5.41) is 10.4. The quantitative estimate of drug-likeness (QED) is 0.269. The second-order valence-electron chi connectivity index (χ2n) is 11.7. The predicted molar refractivity (Wildman–Crippen MR) is 165 cm³/mol. The minimum atomic E-state index is -0.996. The van der Waals surface area contributed by atoms with E-state index in [0.29, 0.717) is 60.2 Å². The van der Waals surface area contributed by atoms with Crippen LogP contribution in [-0.4, -0.2) is 75.3 Å². The van der Waals surface area contributed by atoms with Gasteiger partial charge in [0.05, 0.1) is 34.5 Å². The number of halogens is 2. The molecular formula is C32H35ClFN5O4. The third-order valence-corrected chi connectivity index (χ3v) is 8.39. The molecule has 0 saturated carbocycles. The third-order valence-electron chi connectivity index (χ3n) is 8.08. The summed E-state index contributed by atoms with van der Waals surface area (Å²) in [6.07, 6.45) is 1.91. The Labute approximate surface area is 254 Å². The summed E-state index contributed by atoms with van der Waals surface area (Å²) in [5.41, 5.74) is 3.10. The molecule has 5 rings (SSSR count). The van der Waals surface area contributed by atoms with Crippen LogP contribution in [0.1, 0.15) is 58.9 Å². The maximum Gasteiger partial charge on any atom is 0.337 e. The smallest absolute Gasteiger partial charge is 0.337 e. The number of methoxy groups -OCH3 is 1. The fraction of sp³-hybridized carbons (Fsp3) is 0.375. The molecule has 1 atom stereocenters. The summed E-state index contributed by atoms with van der Waals surface area (Å²) in [4.78, 5) is 38.9. The number of carbonyl (C=O) groups is 2. The maximum atomic E-state index is 14.4. The molecule has 1 aromatic carbocycles. The molecule has 1 aliphatic rings. The SMILES string of the molecule is COC[C@H](C)n1cc(-c2ccc(Cl)c(F)c2)c2ccc(C(=O)N3CCN(c4cc(C)c(C(=O)O)c(C)n4)CC3(C)C)nc21. The van der Waals surface area contributed by atoms with Crippen LogP contribution in [0.2, 0.25) is 5.02 Å². The number of aromatic carboxylic acids is 1. The number of nitrogens with zero attached hydrogens (tertiary/aromatic N) is 5. The number of pyridine rings is 2. The Balaban J connectivity index is 1.47. The number of carboxylic acids is 1. The highest BCUT2D eigenvalue weighted by molar-refractivity contribution is 6.30. The van der Waals surface area contributed by atoms with Crippen LogP contribution >= 0.6 is 11.6 Å². The number of piperazine rings is 1. The number of aryl methyl sites for hydroxylation is 2. The van der Waals surface area contributed by atoms with E-state index in [2.05, 4.69) is 9.88 Å². The molecule has 226 valence electrons. The van der Waals surface area contributed by atoms with Crippen LogP contribution in [0.25, 0.3) is 22.2 Å². The Morgan fingerprint density at radius 3 is 2.51 bits per heavy atom. The van der Waals surface area contributed by atoms with E-state index in [1.807, 2.05) is 42.5 Å². The van der Waals surface area contributed by atoms with Gasteiger partial charge in [0.25, 0.3) is 5.91 Å². The number of carbonyl (C=O) groups excluding carboxylic acids is 1. The lowest BCUT2D eigenvalue weighted by Gasteiger charge is -2.47. The maximum absolute atomic E-state index is 14.4. The van der Waals surface area contributed by atoms with Crippen molar-refractivity contribution in [3.63, 3.8) is 0 Å². The number of ether oxygens (including phenoxy) is 1. The number of carboxylic acid groups (broad SMARTS) is 1. The van der Waals surface area contributed by atoms with E-state index in [-0.39, 0.29) is 22.5 Å². The number of aromatic nitrogens is 3. The predicted octanol–water partition coefficient (Wildman–Crippen LogP) is 6.15. The van der Waals surface area contributed by atoms with E-state index in [4.69, 9.17) is 21.3 Å². The lowest BCUT2D eigenvalue weighted by Crippen LogP contribution is -2.61. The van der Waals surface area contributed by atoms with E-state index in [0.717, 1.165) is 10.9 Å². The number of hydrogen-bond acceptors (Lipinski definition) is 6. The summed E-state index contributed by atoms with van der Waals surface area (Å²) in [7, 11) is 1.63. The summed E-state index contributed by atoms with van der Waals surface area (Å²) in [5.74, 6) is -1.01.